The molecule has 3 aromatic carbocycles. The number of aromatic nitrogens is 3. The van der Waals surface area contributed by atoms with Gasteiger partial charge in [0.2, 0.25) is 0 Å². The molecule has 0 aliphatic heterocycles. The maximum absolute atomic E-state index is 14.0. The van der Waals surface area contributed by atoms with Crippen molar-refractivity contribution in [2.24, 2.45) is 5.92 Å². The van der Waals surface area contributed by atoms with Crippen LogP contribution >= 0.6 is 0 Å². The number of pyridine rings is 1. The Labute approximate surface area is 245 Å². The van der Waals surface area contributed by atoms with E-state index in [0.717, 1.165) is 45.6 Å². The maximum atomic E-state index is 14.0. The quantitative estimate of drug-likeness (QED) is 0.225. The molecular formula is C37H33N3O2. The number of aryl methyl sites for hydroxylation is 2. The second-order valence-corrected chi connectivity index (χ2v) is 11.3. The number of rotatable bonds is 6. The molecule has 2 unspecified atom stereocenters. The minimum Gasteiger partial charge on any atom is -0.386 e. The van der Waals surface area contributed by atoms with E-state index in [9.17, 15) is 9.90 Å². The van der Waals surface area contributed by atoms with Crippen molar-refractivity contribution in [3.8, 4) is 0 Å². The van der Waals surface area contributed by atoms with Crippen molar-refractivity contribution in [1.29, 1.82) is 0 Å². The van der Waals surface area contributed by atoms with Gasteiger partial charge in [0.05, 0.1) is 17.3 Å². The zero-order chi connectivity index (χ0) is 28.8. The molecule has 3 heterocycles. The fourth-order valence-electron chi connectivity index (χ4n) is 7.04. The highest BCUT2D eigenvalue weighted by molar-refractivity contribution is 6.01. The molecule has 3 aromatic heterocycles. The molecular weight excluding hydrogens is 518 g/mol. The molecule has 0 bridgehead atoms. The highest BCUT2D eigenvalue weighted by atomic mass is 16.3. The first-order chi connectivity index (χ1) is 20.5. The van der Waals surface area contributed by atoms with Gasteiger partial charge in [-0.25, -0.2) is 4.98 Å². The number of hydrogen-bond acceptors (Lipinski definition) is 3. The van der Waals surface area contributed by atoms with Crippen LogP contribution in [0.4, 0.5) is 0 Å². The summed E-state index contributed by atoms with van der Waals surface area (Å²) in [5, 5.41) is 11.8. The zero-order valence-electron chi connectivity index (χ0n) is 23.8. The Bertz CT molecular complexity index is 1790. The van der Waals surface area contributed by atoms with Crippen LogP contribution in [0.15, 0.2) is 122 Å². The predicted molar refractivity (Wildman–Crippen MR) is 165 cm³/mol. The largest absolute Gasteiger partial charge is 0.386 e. The summed E-state index contributed by atoms with van der Waals surface area (Å²) in [6.07, 6.45) is 4.20. The average molecular weight is 552 g/mol. The molecule has 1 aliphatic rings. The molecule has 1 N–H and O–H groups in total. The topological polar surface area (TPSA) is 59.5 Å². The first-order valence-corrected chi connectivity index (χ1v) is 14.6. The number of fused-ring (bicyclic) bond motifs is 3. The van der Waals surface area contributed by atoms with E-state index in [2.05, 4.69) is 84.3 Å². The standard InChI is InChI=1S/C37H33N3O2/c1-25-30-21-22-31(36(42)34(30)39-23-13-12-20-33(25)39)35(41)32-24-40(26(2)38-32)37(27-14-6-3-7-15-27,28-16-8-4-9-17-28)29-18-10-5-11-19-29/h3-20,23-24,31,35,41H,21-22H2,1-2H3. The van der Waals surface area contributed by atoms with Gasteiger partial charge in [-0.05, 0) is 66.6 Å². The zero-order valence-corrected chi connectivity index (χ0v) is 23.8. The van der Waals surface area contributed by atoms with Crippen LogP contribution < -0.4 is 0 Å². The number of imidazole rings is 1. The Morgan fingerprint density at radius 2 is 1.36 bits per heavy atom. The normalized spacial score (nSPS) is 16.0. The van der Waals surface area contributed by atoms with Crippen molar-refractivity contribution in [3.63, 3.8) is 0 Å². The van der Waals surface area contributed by atoms with E-state index in [0.29, 0.717) is 17.8 Å². The Kier molecular flexibility index (Phi) is 6.40. The number of hydrogen-bond donors (Lipinski definition) is 1. The van der Waals surface area contributed by atoms with Crippen LogP contribution in [0.5, 0.6) is 0 Å². The SMILES string of the molecule is Cc1c2c(n3ccccc13)C(=O)C(C(O)c1cn(C(c3ccccc3)(c3ccccc3)c3ccccc3)c(C)n1)CC2. The fourth-order valence-corrected chi connectivity index (χ4v) is 7.04. The third kappa shape index (κ3) is 3.88. The minimum absolute atomic E-state index is 0.0225. The van der Waals surface area contributed by atoms with Crippen LogP contribution in [0.2, 0.25) is 0 Å². The maximum Gasteiger partial charge on any atom is 0.185 e. The van der Waals surface area contributed by atoms with Gasteiger partial charge in [-0.2, -0.15) is 0 Å². The predicted octanol–water partition coefficient (Wildman–Crippen LogP) is 7.07. The molecule has 42 heavy (non-hydrogen) atoms. The summed E-state index contributed by atoms with van der Waals surface area (Å²) in [5.74, 6) is 0.164. The Morgan fingerprint density at radius 3 is 1.93 bits per heavy atom. The Hall–Kier alpha value is -4.74. The van der Waals surface area contributed by atoms with Crippen LogP contribution in [0.1, 0.15) is 62.3 Å². The number of Topliss-reactive ketones (excluding diaryl/α,β-unsaturated/α-hetero) is 1. The van der Waals surface area contributed by atoms with Crippen LogP contribution in [0, 0.1) is 19.8 Å². The van der Waals surface area contributed by atoms with Crippen molar-refractivity contribution in [2.45, 2.75) is 38.3 Å². The molecule has 5 nitrogen and oxygen atoms in total. The average Bonchev–Trinajstić information content (AvgIpc) is 3.57. The molecule has 7 rings (SSSR count). The van der Waals surface area contributed by atoms with E-state index in [-0.39, 0.29) is 5.78 Å². The molecule has 0 radical (unpaired) electrons. The number of nitrogens with zero attached hydrogens (tertiary/aromatic N) is 3. The summed E-state index contributed by atoms with van der Waals surface area (Å²) in [4.78, 5) is 18.9. The van der Waals surface area contributed by atoms with Crippen LogP contribution in [-0.2, 0) is 12.0 Å². The minimum atomic E-state index is -1.03. The lowest BCUT2D eigenvalue weighted by Crippen LogP contribution is -2.38. The Morgan fingerprint density at radius 1 is 0.810 bits per heavy atom. The second-order valence-electron chi connectivity index (χ2n) is 11.3. The molecule has 0 saturated carbocycles. The molecule has 2 atom stereocenters. The highest BCUT2D eigenvalue weighted by Crippen LogP contribution is 2.43. The van der Waals surface area contributed by atoms with Gasteiger partial charge in [-0.15, -0.1) is 0 Å². The molecule has 5 heteroatoms. The summed E-state index contributed by atoms with van der Waals surface area (Å²) < 4.78 is 4.15. The number of carbonyl (C=O) groups excluding carboxylic acids is 1. The van der Waals surface area contributed by atoms with E-state index in [4.69, 9.17) is 4.98 Å². The molecule has 0 fully saturated rings. The van der Waals surface area contributed by atoms with Gasteiger partial charge in [0.1, 0.15) is 17.5 Å². The van der Waals surface area contributed by atoms with Gasteiger partial charge >= 0.3 is 0 Å². The number of aliphatic hydroxyl groups excluding tert-OH is 1. The Balaban J connectivity index is 1.38. The first-order valence-electron chi connectivity index (χ1n) is 14.6. The van der Waals surface area contributed by atoms with E-state index in [1.165, 1.54) is 0 Å². The summed E-state index contributed by atoms with van der Waals surface area (Å²) in [6, 6.07) is 37.2. The lowest BCUT2D eigenvalue weighted by molar-refractivity contribution is 0.0619. The lowest BCUT2D eigenvalue weighted by atomic mass is 9.76. The number of aliphatic hydroxyl groups is 1. The van der Waals surface area contributed by atoms with Crippen molar-refractivity contribution in [3.05, 3.63) is 167 Å². The van der Waals surface area contributed by atoms with Crippen molar-refractivity contribution < 1.29 is 9.90 Å². The lowest BCUT2D eigenvalue weighted by Gasteiger charge is -2.38. The van der Waals surface area contributed by atoms with Crippen LogP contribution in [-0.4, -0.2) is 24.8 Å². The van der Waals surface area contributed by atoms with E-state index in [1.807, 2.05) is 60.1 Å². The molecule has 0 saturated heterocycles. The molecule has 208 valence electrons. The molecule has 0 spiro atoms. The summed E-state index contributed by atoms with van der Waals surface area (Å²) in [6.45, 7) is 4.06. The van der Waals surface area contributed by atoms with Crippen molar-refractivity contribution in [2.75, 3.05) is 0 Å². The summed E-state index contributed by atoms with van der Waals surface area (Å²) in [7, 11) is 0. The van der Waals surface area contributed by atoms with Crippen LogP contribution in [0.25, 0.3) is 5.52 Å². The van der Waals surface area contributed by atoms with Gasteiger partial charge in [-0.1, -0.05) is 97.1 Å². The number of benzene rings is 3. The second kappa shape index (κ2) is 10.3. The molecule has 0 amide bonds. The van der Waals surface area contributed by atoms with Gasteiger partial charge in [0, 0.05) is 17.9 Å². The first kappa shape index (κ1) is 26.2. The van der Waals surface area contributed by atoms with E-state index in [1.54, 1.807) is 0 Å². The van der Waals surface area contributed by atoms with Crippen LogP contribution in [0.3, 0.4) is 0 Å². The number of carbonyl (C=O) groups is 1. The van der Waals surface area contributed by atoms with Crippen molar-refractivity contribution in [1.82, 2.24) is 14.0 Å². The third-order valence-electron chi connectivity index (χ3n) is 9.02. The van der Waals surface area contributed by atoms with Gasteiger partial charge in [-0.3, -0.25) is 4.79 Å². The summed E-state index contributed by atoms with van der Waals surface area (Å²) >= 11 is 0. The van der Waals surface area contributed by atoms with Crippen molar-refractivity contribution >= 4 is 11.3 Å². The van der Waals surface area contributed by atoms with Gasteiger partial charge < -0.3 is 14.1 Å². The highest BCUT2D eigenvalue weighted by Gasteiger charge is 2.42. The molecule has 6 aromatic rings. The smallest absolute Gasteiger partial charge is 0.185 e. The molecule has 1 aliphatic carbocycles. The van der Waals surface area contributed by atoms with E-state index >= 15 is 0 Å². The third-order valence-corrected chi connectivity index (χ3v) is 9.02. The van der Waals surface area contributed by atoms with Gasteiger partial charge in [0.15, 0.2) is 5.78 Å². The van der Waals surface area contributed by atoms with E-state index < -0.39 is 17.6 Å². The monoisotopic (exact) mass is 551 g/mol. The number of ketones is 1. The summed E-state index contributed by atoms with van der Waals surface area (Å²) in [5.41, 5.74) is 6.99. The fraction of sp³-hybridized carbons (Fsp3) is 0.189. The van der Waals surface area contributed by atoms with Gasteiger partial charge in [0.25, 0.3) is 0 Å².